The summed E-state index contributed by atoms with van der Waals surface area (Å²) in [5.41, 5.74) is 3.26. The summed E-state index contributed by atoms with van der Waals surface area (Å²) >= 11 is 1.28. The van der Waals surface area contributed by atoms with Crippen LogP contribution in [0, 0.1) is 12.7 Å². The van der Waals surface area contributed by atoms with Gasteiger partial charge in [0.25, 0.3) is 5.91 Å². The first-order chi connectivity index (χ1) is 13.5. The van der Waals surface area contributed by atoms with Gasteiger partial charge in [0, 0.05) is 22.0 Å². The normalized spacial score (nSPS) is 10.8. The Bertz CT molecular complexity index is 1190. The molecule has 2 heterocycles. The highest BCUT2D eigenvalue weighted by Crippen LogP contribution is 2.29. The van der Waals surface area contributed by atoms with Crippen molar-refractivity contribution in [2.45, 2.75) is 6.92 Å². The van der Waals surface area contributed by atoms with Crippen LogP contribution in [0.1, 0.15) is 16.1 Å². The van der Waals surface area contributed by atoms with Crippen molar-refractivity contribution >= 4 is 33.3 Å². The average molecular weight is 393 g/mol. The van der Waals surface area contributed by atoms with Crippen molar-refractivity contribution in [1.29, 1.82) is 0 Å². The van der Waals surface area contributed by atoms with Gasteiger partial charge in [-0.2, -0.15) is 0 Å². The molecule has 0 aliphatic heterocycles. The van der Waals surface area contributed by atoms with Crippen LogP contribution in [0.25, 0.3) is 22.2 Å². The maximum absolute atomic E-state index is 13.9. The van der Waals surface area contributed by atoms with Crippen LogP contribution in [0.4, 0.5) is 9.52 Å². The van der Waals surface area contributed by atoms with Gasteiger partial charge < -0.3 is 4.74 Å². The second-order valence-corrected chi connectivity index (χ2v) is 7.03. The Morgan fingerprint density at radius 2 is 1.96 bits per heavy atom. The lowest BCUT2D eigenvalue weighted by Gasteiger charge is -2.07. The number of aryl methyl sites for hydroxylation is 1. The number of halogens is 1. The molecule has 0 aliphatic rings. The molecule has 0 saturated carbocycles. The SMILES string of the molecule is COc1ccc(-c2csc(NC(=O)c3cc(C)nc4ccccc34)n2)cc1F. The minimum Gasteiger partial charge on any atom is -0.494 e. The van der Waals surface area contributed by atoms with E-state index < -0.39 is 5.82 Å². The number of hydrogen-bond donors (Lipinski definition) is 1. The first kappa shape index (κ1) is 18.1. The molecule has 4 aromatic rings. The number of carbonyl (C=O) groups is 1. The number of thiazole rings is 1. The first-order valence-electron chi connectivity index (χ1n) is 8.52. The zero-order valence-electron chi connectivity index (χ0n) is 15.2. The smallest absolute Gasteiger partial charge is 0.258 e. The Labute approximate surface area is 164 Å². The summed E-state index contributed by atoms with van der Waals surface area (Å²) in [4.78, 5) is 21.7. The molecule has 2 aromatic heterocycles. The molecule has 5 nitrogen and oxygen atoms in total. The van der Waals surface area contributed by atoms with Crippen molar-refractivity contribution in [3.05, 3.63) is 71.0 Å². The number of pyridine rings is 1. The predicted molar refractivity (Wildman–Crippen MR) is 108 cm³/mol. The minimum atomic E-state index is -0.461. The van der Waals surface area contributed by atoms with E-state index in [-0.39, 0.29) is 11.7 Å². The number of carbonyl (C=O) groups excluding carboxylic acids is 1. The van der Waals surface area contributed by atoms with E-state index in [1.807, 2.05) is 31.2 Å². The fourth-order valence-electron chi connectivity index (χ4n) is 2.95. The molecule has 1 amide bonds. The molecule has 7 heteroatoms. The number of nitrogens with zero attached hydrogens (tertiary/aromatic N) is 2. The highest BCUT2D eigenvalue weighted by atomic mass is 32.1. The summed E-state index contributed by atoms with van der Waals surface area (Å²) in [5, 5.41) is 5.81. The van der Waals surface area contributed by atoms with Gasteiger partial charge in [-0.05, 0) is 37.3 Å². The van der Waals surface area contributed by atoms with Gasteiger partial charge in [-0.3, -0.25) is 15.1 Å². The van der Waals surface area contributed by atoms with Crippen LogP contribution >= 0.6 is 11.3 Å². The highest BCUT2D eigenvalue weighted by molar-refractivity contribution is 7.14. The first-order valence-corrected chi connectivity index (χ1v) is 9.40. The molecule has 1 N–H and O–H groups in total. The van der Waals surface area contributed by atoms with Crippen molar-refractivity contribution in [3.8, 4) is 17.0 Å². The van der Waals surface area contributed by atoms with Crippen molar-refractivity contribution in [1.82, 2.24) is 9.97 Å². The van der Waals surface area contributed by atoms with E-state index in [9.17, 15) is 9.18 Å². The van der Waals surface area contributed by atoms with Crippen LogP contribution in [0.3, 0.4) is 0 Å². The molecule has 0 aliphatic carbocycles. The lowest BCUT2D eigenvalue weighted by atomic mass is 10.1. The van der Waals surface area contributed by atoms with Gasteiger partial charge in [0.05, 0.1) is 23.9 Å². The van der Waals surface area contributed by atoms with Crippen molar-refractivity contribution < 1.29 is 13.9 Å². The van der Waals surface area contributed by atoms with E-state index in [2.05, 4.69) is 15.3 Å². The zero-order chi connectivity index (χ0) is 19.7. The molecule has 2 aromatic carbocycles. The van der Waals surface area contributed by atoms with Crippen molar-refractivity contribution in [2.24, 2.45) is 0 Å². The summed E-state index contributed by atoms with van der Waals surface area (Å²) in [5.74, 6) is -0.548. The maximum atomic E-state index is 13.9. The standard InChI is InChI=1S/C21H16FN3O2S/c1-12-9-15(14-5-3-4-6-17(14)23-12)20(26)25-21-24-18(11-28-21)13-7-8-19(27-2)16(22)10-13/h3-11H,1-2H3,(H,24,25,26). The number of benzene rings is 2. The molecule has 28 heavy (non-hydrogen) atoms. The van der Waals surface area contributed by atoms with Crippen molar-refractivity contribution in [3.63, 3.8) is 0 Å². The molecule has 4 rings (SSSR count). The van der Waals surface area contributed by atoms with Gasteiger partial charge in [-0.1, -0.05) is 18.2 Å². The minimum absolute atomic E-state index is 0.174. The van der Waals surface area contributed by atoms with Gasteiger partial charge in [-0.25, -0.2) is 9.37 Å². The zero-order valence-corrected chi connectivity index (χ0v) is 16.0. The van der Waals surface area contributed by atoms with E-state index in [0.29, 0.717) is 22.0 Å². The molecule has 0 radical (unpaired) electrons. The lowest BCUT2D eigenvalue weighted by Crippen LogP contribution is -2.13. The number of anilines is 1. The van der Waals surface area contributed by atoms with Crippen molar-refractivity contribution in [2.75, 3.05) is 12.4 Å². The number of amides is 1. The van der Waals surface area contributed by atoms with E-state index in [4.69, 9.17) is 4.74 Å². The fraction of sp³-hybridized carbons (Fsp3) is 0.0952. The Balaban J connectivity index is 1.61. The molecule has 0 unspecified atom stereocenters. The number of fused-ring (bicyclic) bond motifs is 1. The van der Waals surface area contributed by atoms with Crippen LogP contribution in [0.2, 0.25) is 0 Å². The molecule has 0 spiro atoms. The number of nitrogens with one attached hydrogen (secondary N) is 1. The van der Waals surface area contributed by atoms with E-state index in [0.717, 1.165) is 16.6 Å². The van der Waals surface area contributed by atoms with Crippen LogP contribution in [-0.2, 0) is 0 Å². The van der Waals surface area contributed by atoms with Crippen LogP contribution in [0.5, 0.6) is 5.75 Å². The topological polar surface area (TPSA) is 64.1 Å². The molecule has 140 valence electrons. The van der Waals surface area contributed by atoms with Gasteiger partial charge >= 0.3 is 0 Å². The number of hydrogen-bond acceptors (Lipinski definition) is 5. The Hall–Kier alpha value is -3.32. The third kappa shape index (κ3) is 3.44. The summed E-state index contributed by atoms with van der Waals surface area (Å²) in [6.07, 6.45) is 0. The monoisotopic (exact) mass is 393 g/mol. The third-order valence-corrected chi connectivity index (χ3v) is 5.02. The number of aromatic nitrogens is 2. The van der Waals surface area contributed by atoms with Gasteiger partial charge in [-0.15, -0.1) is 11.3 Å². The van der Waals surface area contributed by atoms with E-state index in [1.54, 1.807) is 23.6 Å². The number of para-hydroxylation sites is 1. The van der Waals surface area contributed by atoms with E-state index >= 15 is 0 Å². The molecule has 0 atom stereocenters. The molecular weight excluding hydrogens is 377 g/mol. The van der Waals surface area contributed by atoms with Crippen LogP contribution < -0.4 is 10.1 Å². The van der Waals surface area contributed by atoms with Gasteiger partial charge in [0.1, 0.15) is 0 Å². The molecule has 0 fully saturated rings. The Morgan fingerprint density at radius 1 is 1.14 bits per heavy atom. The van der Waals surface area contributed by atoms with Crippen LogP contribution in [-0.4, -0.2) is 23.0 Å². The third-order valence-electron chi connectivity index (χ3n) is 4.26. The summed E-state index contributed by atoms with van der Waals surface area (Å²) in [6, 6.07) is 13.9. The number of rotatable bonds is 4. The van der Waals surface area contributed by atoms with Gasteiger partial charge in [0.15, 0.2) is 16.7 Å². The van der Waals surface area contributed by atoms with Gasteiger partial charge in [0.2, 0.25) is 0 Å². The summed E-state index contributed by atoms with van der Waals surface area (Å²) < 4.78 is 18.9. The summed E-state index contributed by atoms with van der Waals surface area (Å²) in [6.45, 7) is 1.85. The lowest BCUT2D eigenvalue weighted by molar-refractivity contribution is 0.102. The Kier molecular flexibility index (Phi) is 4.75. The fourth-order valence-corrected chi connectivity index (χ4v) is 3.66. The highest BCUT2D eigenvalue weighted by Gasteiger charge is 2.15. The Morgan fingerprint density at radius 3 is 2.75 bits per heavy atom. The maximum Gasteiger partial charge on any atom is 0.258 e. The molecule has 0 saturated heterocycles. The predicted octanol–water partition coefficient (Wildman–Crippen LogP) is 5.07. The second-order valence-electron chi connectivity index (χ2n) is 6.17. The number of ether oxygens (including phenoxy) is 1. The molecular formula is C21H16FN3O2S. The molecule has 0 bridgehead atoms. The van der Waals surface area contributed by atoms with Crippen LogP contribution in [0.15, 0.2) is 53.9 Å². The average Bonchev–Trinajstić information content (AvgIpc) is 3.15. The largest absolute Gasteiger partial charge is 0.494 e. The summed E-state index contributed by atoms with van der Waals surface area (Å²) in [7, 11) is 1.42. The second kappa shape index (κ2) is 7.36. The number of methoxy groups -OCH3 is 1. The quantitative estimate of drug-likeness (QED) is 0.526. The van der Waals surface area contributed by atoms with E-state index in [1.165, 1.54) is 24.5 Å².